The molecular formula is C19H14ClFN4. The Morgan fingerprint density at radius 2 is 1.88 bits per heavy atom. The number of halogens is 2. The lowest BCUT2D eigenvalue weighted by Gasteiger charge is -2.09. The molecule has 0 radical (unpaired) electrons. The highest BCUT2D eigenvalue weighted by Gasteiger charge is 2.18. The Hall–Kier alpha value is -2.79. The van der Waals surface area contributed by atoms with Crippen LogP contribution in [0.15, 0.2) is 48.9 Å². The van der Waals surface area contributed by atoms with Crippen molar-refractivity contribution in [2.45, 2.75) is 6.92 Å². The lowest BCUT2D eigenvalue weighted by atomic mass is 10.1. The van der Waals surface area contributed by atoms with Gasteiger partial charge in [0.25, 0.3) is 0 Å². The van der Waals surface area contributed by atoms with Gasteiger partial charge in [0.2, 0.25) is 0 Å². The molecule has 0 aliphatic heterocycles. The van der Waals surface area contributed by atoms with E-state index < -0.39 is 0 Å². The summed E-state index contributed by atoms with van der Waals surface area (Å²) in [6.07, 6.45) is 3.45. The molecule has 25 heavy (non-hydrogen) atoms. The normalized spacial score (nSPS) is 11.2. The Morgan fingerprint density at radius 3 is 2.72 bits per heavy atom. The summed E-state index contributed by atoms with van der Waals surface area (Å²) in [6, 6.07) is 10.2. The van der Waals surface area contributed by atoms with Crippen LogP contribution in [0.3, 0.4) is 0 Å². The fourth-order valence-electron chi connectivity index (χ4n) is 2.85. The van der Waals surface area contributed by atoms with Crippen molar-refractivity contribution in [3.63, 3.8) is 0 Å². The third-order valence-corrected chi connectivity index (χ3v) is 4.27. The Kier molecular flexibility index (Phi) is 3.73. The Morgan fingerprint density at radius 1 is 1.04 bits per heavy atom. The minimum Gasteiger partial charge on any atom is -0.333 e. The summed E-state index contributed by atoms with van der Waals surface area (Å²) in [4.78, 5) is 13.5. The van der Waals surface area contributed by atoms with Crippen LogP contribution in [-0.2, 0) is 7.05 Å². The first-order valence-corrected chi connectivity index (χ1v) is 8.11. The van der Waals surface area contributed by atoms with E-state index in [1.807, 2.05) is 32.2 Å². The summed E-state index contributed by atoms with van der Waals surface area (Å²) in [5.74, 6) is -0.354. The zero-order valence-electron chi connectivity index (χ0n) is 13.7. The molecule has 0 spiro atoms. The quantitative estimate of drug-likeness (QED) is 0.520. The predicted molar refractivity (Wildman–Crippen MR) is 96.9 cm³/mol. The number of fused-ring (bicyclic) bond motifs is 1. The van der Waals surface area contributed by atoms with Crippen LogP contribution in [-0.4, -0.2) is 19.5 Å². The number of aryl methyl sites for hydroxylation is 2. The molecule has 0 atom stereocenters. The van der Waals surface area contributed by atoms with E-state index in [2.05, 4.69) is 15.0 Å². The number of benzene rings is 1. The van der Waals surface area contributed by atoms with Crippen molar-refractivity contribution in [1.82, 2.24) is 19.5 Å². The maximum atomic E-state index is 14.4. The van der Waals surface area contributed by atoms with Crippen molar-refractivity contribution >= 4 is 22.6 Å². The molecule has 3 aromatic heterocycles. The van der Waals surface area contributed by atoms with Gasteiger partial charge in [-0.1, -0.05) is 11.6 Å². The molecule has 0 saturated heterocycles. The molecule has 1 aromatic carbocycles. The molecule has 4 rings (SSSR count). The number of hydrogen-bond acceptors (Lipinski definition) is 3. The summed E-state index contributed by atoms with van der Waals surface area (Å²) >= 11 is 6.06. The van der Waals surface area contributed by atoms with Gasteiger partial charge in [-0.2, -0.15) is 0 Å². The third kappa shape index (κ3) is 2.76. The molecule has 0 aliphatic rings. The van der Waals surface area contributed by atoms with Crippen molar-refractivity contribution in [3.05, 3.63) is 65.3 Å². The van der Waals surface area contributed by atoms with Gasteiger partial charge in [-0.3, -0.25) is 4.98 Å². The van der Waals surface area contributed by atoms with E-state index in [-0.39, 0.29) is 5.82 Å². The fourth-order valence-corrected chi connectivity index (χ4v) is 3.03. The summed E-state index contributed by atoms with van der Waals surface area (Å²) in [5, 5.41) is 0.467. The smallest absolute Gasteiger partial charge is 0.132 e. The fraction of sp³-hybridized carbons (Fsp3) is 0.105. The maximum absolute atomic E-state index is 14.4. The maximum Gasteiger partial charge on any atom is 0.132 e. The largest absolute Gasteiger partial charge is 0.333 e. The molecule has 0 N–H and O–H groups in total. The second-order valence-corrected chi connectivity index (χ2v) is 6.36. The molecule has 0 bridgehead atoms. The molecule has 6 heteroatoms. The molecule has 0 fully saturated rings. The Bertz CT molecular complexity index is 1100. The van der Waals surface area contributed by atoms with E-state index in [4.69, 9.17) is 11.6 Å². The summed E-state index contributed by atoms with van der Waals surface area (Å²) in [5.41, 5.74) is 4.90. The topological polar surface area (TPSA) is 43.6 Å². The predicted octanol–water partition coefficient (Wildman–Crippen LogP) is 4.80. The molecule has 124 valence electrons. The van der Waals surface area contributed by atoms with E-state index in [0.717, 1.165) is 16.6 Å². The highest BCUT2D eigenvalue weighted by Crippen LogP contribution is 2.33. The van der Waals surface area contributed by atoms with Crippen LogP contribution >= 0.6 is 11.6 Å². The molecule has 0 aliphatic carbocycles. The minimum absolute atomic E-state index is 0.354. The zero-order valence-corrected chi connectivity index (χ0v) is 14.4. The van der Waals surface area contributed by atoms with E-state index in [9.17, 15) is 4.39 Å². The first-order valence-electron chi connectivity index (χ1n) is 7.73. The average Bonchev–Trinajstić information content (AvgIpc) is 2.98. The Balaban J connectivity index is 1.94. The number of rotatable bonds is 2. The van der Waals surface area contributed by atoms with Crippen molar-refractivity contribution < 1.29 is 4.39 Å². The van der Waals surface area contributed by atoms with Gasteiger partial charge in [-0.15, -0.1) is 0 Å². The minimum atomic E-state index is -0.354. The Labute approximate surface area is 149 Å². The number of aromatic nitrogens is 4. The molecular weight excluding hydrogens is 339 g/mol. The van der Waals surface area contributed by atoms with Crippen LogP contribution in [0.5, 0.6) is 0 Å². The van der Waals surface area contributed by atoms with Gasteiger partial charge < -0.3 is 4.57 Å². The summed E-state index contributed by atoms with van der Waals surface area (Å²) in [6.45, 7) is 1.97. The molecule has 4 nitrogen and oxygen atoms in total. The van der Waals surface area contributed by atoms with E-state index in [0.29, 0.717) is 27.7 Å². The van der Waals surface area contributed by atoms with Crippen LogP contribution in [0, 0.1) is 12.7 Å². The van der Waals surface area contributed by atoms with Crippen molar-refractivity contribution in [2.24, 2.45) is 7.05 Å². The summed E-state index contributed by atoms with van der Waals surface area (Å²) < 4.78 is 16.2. The number of imidazole rings is 1. The van der Waals surface area contributed by atoms with E-state index >= 15 is 0 Å². The van der Waals surface area contributed by atoms with Gasteiger partial charge in [0.05, 0.1) is 28.7 Å². The SMILES string of the molecule is Cc1cnc2ccc(-c3ncn(C)c3-c3cc(Cl)ccc3F)nc2c1. The first kappa shape index (κ1) is 15.7. The van der Waals surface area contributed by atoms with Gasteiger partial charge in [-0.25, -0.2) is 14.4 Å². The number of nitrogens with zero attached hydrogens (tertiary/aromatic N) is 4. The zero-order chi connectivity index (χ0) is 17.6. The van der Waals surface area contributed by atoms with E-state index in [1.165, 1.54) is 12.1 Å². The van der Waals surface area contributed by atoms with Crippen LogP contribution in [0.4, 0.5) is 4.39 Å². The second kappa shape index (κ2) is 5.93. The summed E-state index contributed by atoms with van der Waals surface area (Å²) in [7, 11) is 1.82. The van der Waals surface area contributed by atoms with E-state index in [1.54, 1.807) is 23.2 Å². The third-order valence-electron chi connectivity index (χ3n) is 4.04. The van der Waals surface area contributed by atoms with Crippen molar-refractivity contribution in [2.75, 3.05) is 0 Å². The van der Waals surface area contributed by atoms with Crippen molar-refractivity contribution in [3.8, 4) is 22.6 Å². The highest BCUT2D eigenvalue weighted by molar-refractivity contribution is 6.30. The van der Waals surface area contributed by atoms with Crippen molar-refractivity contribution in [1.29, 1.82) is 0 Å². The van der Waals surface area contributed by atoms with Crippen LogP contribution in [0.1, 0.15) is 5.56 Å². The molecule has 3 heterocycles. The molecule has 4 aromatic rings. The molecule has 0 amide bonds. The van der Waals surface area contributed by atoms with Crippen LogP contribution in [0.25, 0.3) is 33.7 Å². The second-order valence-electron chi connectivity index (χ2n) is 5.92. The van der Waals surface area contributed by atoms with Gasteiger partial charge in [0, 0.05) is 23.8 Å². The van der Waals surface area contributed by atoms with Crippen LogP contribution in [0.2, 0.25) is 5.02 Å². The first-order chi connectivity index (χ1) is 12.0. The van der Waals surface area contributed by atoms with Gasteiger partial charge in [0.1, 0.15) is 11.5 Å². The van der Waals surface area contributed by atoms with Gasteiger partial charge in [-0.05, 0) is 48.9 Å². The molecule has 0 saturated carbocycles. The average molecular weight is 353 g/mol. The molecule has 0 unspecified atom stereocenters. The van der Waals surface area contributed by atoms with Gasteiger partial charge in [0.15, 0.2) is 0 Å². The standard InChI is InChI=1S/C19H14ClFN4/c1-11-7-17-15(22-9-11)5-6-16(24-17)18-19(25(2)10-23-18)13-8-12(20)3-4-14(13)21/h3-10H,1-2H3. The number of pyridine rings is 2. The number of hydrogen-bond donors (Lipinski definition) is 0. The monoisotopic (exact) mass is 352 g/mol. The lowest BCUT2D eigenvalue weighted by Crippen LogP contribution is -1.96. The lowest BCUT2D eigenvalue weighted by molar-refractivity contribution is 0.629. The highest BCUT2D eigenvalue weighted by atomic mass is 35.5. The van der Waals surface area contributed by atoms with Gasteiger partial charge >= 0.3 is 0 Å². The van der Waals surface area contributed by atoms with Crippen LogP contribution < -0.4 is 0 Å².